The Morgan fingerprint density at radius 1 is 1.33 bits per heavy atom. The molecule has 0 radical (unpaired) electrons. The second kappa shape index (κ2) is 9.30. The maximum Gasteiger partial charge on any atom is 0.331 e. The number of rotatable bonds is 9. The minimum Gasteiger partial charge on any atom is -0.467 e. The lowest BCUT2D eigenvalue weighted by Gasteiger charge is -2.11. The van der Waals surface area contributed by atoms with Crippen molar-refractivity contribution >= 4 is 5.97 Å². The molecule has 5 nitrogen and oxygen atoms in total. The van der Waals surface area contributed by atoms with E-state index in [1.54, 1.807) is 0 Å². The number of hydrogen-bond acceptors (Lipinski definition) is 5. The summed E-state index contributed by atoms with van der Waals surface area (Å²) < 4.78 is 20.8. The van der Waals surface area contributed by atoms with E-state index in [1.807, 2.05) is 0 Å². The van der Waals surface area contributed by atoms with Gasteiger partial charge in [-0.25, -0.2) is 4.79 Å². The van der Waals surface area contributed by atoms with E-state index >= 15 is 0 Å². The van der Waals surface area contributed by atoms with Crippen LogP contribution in [0.15, 0.2) is 0 Å². The number of unbranched alkanes of at least 4 members (excludes halogenated alkanes) is 3. The van der Waals surface area contributed by atoms with Gasteiger partial charge in [0.2, 0.25) is 0 Å². The van der Waals surface area contributed by atoms with Gasteiger partial charge in [0.25, 0.3) is 0 Å². The Balaban J connectivity index is 2.01. The van der Waals surface area contributed by atoms with Crippen LogP contribution in [0.2, 0.25) is 0 Å². The topological polar surface area (TPSA) is 54.0 Å². The van der Waals surface area contributed by atoms with Gasteiger partial charge in [-0.1, -0.05) is 26.2 Å². The van der Waals surface area contributed by atoms with E-state index in [4.69, 9.17) is 14.2 Å². The van der Waals surface area contributed by atoms with Crippen molar-refractivity contribution < 1.29 is 23.7 Å². The Kier molecular flexibility index (Phi) is 7.96. The fourth-order valence-corrected chi connectivity index (χ4v) is 1.82. The van der Waals surface area contributed by atoms with E-state index in [2.05, 4.69) is 11.7 Å². The maximum absolute atomic E-state index is 10.8. The first-order valence-corrected chi connectivity index (χ1v) is 6.68. The first kappa shape index (κ1) is 15.4. The van der Waals surface area contributed by atoms with Gasteiger partial charge in [-0.3, -0.25) is 0 Å². The highest BCUT2D eigenvalue weighted by atomic mass is 16.7. The highest BCUT2D eigenvalue weighted by Gasteiger charge is 2.25. The lowest BCUT2D eigenvalue weighted by atomic mass is 10.1. The van der Waals surface area contributed by atoms with Crippen LogP contribution < -0.4 is 0 Å². The number of carbonyl (C=O) groups is 1. The van der Waals surface area contributed by atoms with Gasteiger partial charge in [-0.05, 0) is 12.8 Å². The summed E-state index contributed by atoms with van der Waals surface area (Å²) in [5.74, 6) is -0.370. The third-order valence-corrected chi connectivity index (χ3v) is 2.86. The minimum absolute atomic E-state index is 0.0302. The first-order chi connectivity index (χ1) is 8.76. The number of esters is 1. The summed E-state index contributed by atoms with van der Waals surface area (Å²) in [6.07, 6.45) is 5.62. The third kappa shape index (κ3) is 6.33. The second-order valence-corrected chi connectivity index (χ2v) is 4.46. The van der Waals surface area contributed by atoms with E-state index in [0.29, 0.717) is 13.2 Å². The van der Waals surface area contributed by atoms with Gasteiger partial charge in [-0.2, -0.15) is 0 Å². The summed E-state index contributed by atoms with van der Waals surface area (Å²) in [6.45, 7) is 3.08. The Morgan fingerprint density at radius 2 is 2.17 bits per heavy atom. The van der Waals surface area contributed by atoms with Crippen LogP contribution in [0.1, 0.15) is 39.0 Å². The fraction of sp³-hybridized carbons (Fsp3) is 0.923. The summed E-state index contributed by atoms with van der Waals surface area (Å²) in [4.78, 5) is 10.8. The van der Waals surface area contributed by atoms with Gasteiger partial charge in [0.05, 0.1) is 20.3 Å². The van der Waals surface area contributed by atoms with Crippen LogP contribution in [0.4, 0.5) is 0 Å². The van der Waals surface area contributed by atoms with E-state index in [-0.39, 0.29) is 25.0 Å². The molecule has 1 aliphatic heterocycles. The summed E-state index contributed by atoms with van der Waals surface area (Å²) in [7, 11) is 1.34. The molecule has 1 rings (SSSR count). The van der Waals surface area contributed by atoms with Gasteiger partial charge in [0, 0.05) is 0 Å². The van der Waals surface area contributed by atoms with Crippen molar-refractivity contribution in [3.05, 3.63) is 0 Å². The van der Waals surface area contributed by atoms with Crippen LogP contribution in [0.3, 0.4) is 0 Å². The zero-order chi connectivity index (χ0) is 13.2. The zero-order valence-corrected chi connectivity index (χ0v) is 11.4. The summed E-state index contributed by atoms with van der Waals surface area (Å²) in [5.41, 5.74) is 0. The lowest BCUT2D eigenvalue weighted by Crippen LogP contribution is -2.22. The molecule has 2 atom stereocenters. The molecule has 0 amide bonds. The molecule has 18 heavy (non-hydrogen) atoms. The number of methoxy groups -OCH3 is 1. The van der Waals surface area contributed by atoms with E-state index in [0.717, 1.165) is 12.8 Å². The van der Waals surface area contributed by atoms with Gasteiger partial charge >= 0.3 is 5.97 Å². The number of carbonyl (C=O) groups excluding carboxylic acids is 1. The Labute approximate surface area is 109 Å². The molecular formula is C13H24O5. The summed E-state index contributed by atoms with van der Waals surface area (Å²) >= 11 is 0. The average Bonchev–Trinajstić information content (AvgIpc) is 2.82. The second-order valence-electron chi connectivity index (χ2n) is 4.46. The van der Waals surface area contributed by atoms with Crippen molar-refractivity contribution in [1.29, 1.82) is 0 Å². The molecule has 106 valence electrons. The quantitative estimate of drug-likeness (QED) is 0.468. The smallest absolute Gasteiger partial charge is 0.331 e. The summed E-state index contributed by atoms with van der Waals surface area (Å²) in [5, 5.41) is 0. The fourth-order valence-electron chi connectivity index (χ4n) is 1.82. The predicted octanol–water partition coefficient (Wildman–Crippen LogP) is 1.89. The van der Waals surface area contributed by atoms with Crippen molar-refractivity contribution in [2.75, 3.05) is 26.9 Å². The number of ether oxygens (including phenoxy) is 4. The van der Waals surface area contributed by atoms with Gasteiger partial charge in [-0.15, -0.1) is 0 Å². The van der Waals surface area contributed by atoms with Gasteiger partial charge in [0.15, 0.2) is 6.29 Å². The third-order valence-electron chi connectivity index (χ3n) is 2.86. The Morgan fingerprint density at radius 3 is 2.89 bits per heavy atom. The van der Waals surface area contributed by atoms with Crippen molar-refractivity contribution in [1.82, 2.24) is 0 Å². The van der Waals surface area contributed by atoms with E-state index < -0.39 is 0 Å². The number of hydrogen-bond donors (Lipinski definition) is 0. The molecule has 0 unspecified atom stereocenters. The molecule has 5 heteroatoms. The molecule has 0 aromatic heterocycles. The van der Waals surface area contributed by atoms with Crippen LogP contribution in [-0.2, 0) is 23.7 Å². The molecule has 0 N–H and O–H groups in total. The minimum atomic E-state index is -0.370. The molecule has 0 saturated carbocycles. The van der Waals surface area contributed by atoms with Crippen LogP contribution in [-0.4, -0.2) is 45.3 Å². The standard InChI is InChI=1S/C13H24O5/c1-3-4-5-6-7-13-17-9-11(18-13)8-16-10-12(14)15-2/h11,13H,3-10H2,1-2H3/t11-,13-/m1/s1. The molecule has 0 spiro atoms. The van der Waals surface area contributed by atoms with Crippen LogP contribution in [0, 0.1) is 0 Å². The maximum atomic E-state index is 10.8. The van der Waals surface area contributed by atoms with Crippen molar-refractivity contribution in [3.63, 3.8) is 0 Å². The van der Waals surface area contributed by atoms with E-state index in [9.17, 15) is 4.79 Å². The highest BCUT2D eigenvalue weighted by Crippen LogP contribution is 2.17. The van der Waals surface area contributed by atoms with E-state index in [1.165, 1.54) is 26.4 Å². The molecule has 0 aromatic carbocycles. The molecule has 1 aliphatic rings. The predicted molar refractivity (Wildman–Crippen MR) is 66.2 cm³/mol. The SMILES string of the molecule is CCCCCC[C@@H]1OC[C@@H](COCC(=O)OC)O1. The molecule has 0 aromatic rings. The van der Waals surface area contributed by atoms with Gasteiger partial charge in [0.1, 0.15) is 12.7 Å². The zero-order valence-electron chi connectivity index (χ0n) is 11.4. The van der Waals surface area contributed by atoms with Crippen LogP contribution >= 0.6 is 0 Å². The van der Waals surface area contributed by atoms with Crippen molar-refractivity contribution in [2.24, 2.45) is 0 Å². The Bertz CT molecular complexity index is 231. The van der Waals surface area contributed by atoms with Gasteiger partial charge < -0.3 is 18.9 Å². The summed E-state index contributed by atoms with van der Waals surface area (Å²) in [6, 6.07) is 0. The first-order valence-electron chi connectivity index (χ1n) is 6.68. The van der Waals surface area contributed by atoms with Crippen molar-refractivity contribution in [3.8, 4) is 0 Å². The van der Waals surface area contributed by atoms with Crippen molar-refractivity contribution in [2.45, 2.75) is 51.4 Å². The average molecular weight is 260 g/mol. The lowest BCUT2D eigenvalue weighted by molar-refractivity contribution is -0.147. The molecular weight excluding hydrogens is 236 g/mol. The molecule has 0 aliphatic carbocycles. The van der Waals surface area contributed by atoms with Crippen LogP contribution in [0.5, 0.6) is 0 Å². The monoisotopic (exact) mass is 260 g/mol. The largest absolute Gasteiger partial charge is 0.467 e. The molecule has 0 bridgehead atoms. The Hall–Kier alpha value is -0.650. The molecule has 1 heterocycles. The van der Waals surface area contributed by atoms with Crippen LogP contribution in [0.25, 0.3) is 0 Å². The highest BCUT2D eigenvalue weighted by molar-refractivity contribution is 5.70. The molecule has 1 saturated heterocycles. The molecule has 1 fully saturated rings. The normalized spacial score (nSPS) is 23.2.